The minimum Gasteiger partial charge on any atom is -0.369 e. The van der Waals surface area contributed by atoms with Crippen LogP contribution in [-0.4, -0.2) is 40.2 Å². The zero-order chi connectivity index (χ0) is 23.6. The number of amides is 2. The lowest BCUT2D eigenvalue weighted by Crippen LogP contribution is -2.44. The van der Waals surface area contributed by atoms with E-state index in [-0.39, 0.29) is 29.6 Å². The summed E-state index contributed by atoms with van der Waals surface area (Å²) < 4.78 is 13.1. The fourth-order valence-corrected chi connectivity index (χ4v) is 4.26. The highest BCUT2D eigenvalue weighted by molar-refractivity contribution is 6.07. The van der Waals surface area contributed by atoms with Crippen LogP contribution in [0.4, 0.5) is 4.39 Å². The first-order chi connectivity index (χ1) is 15.0. The average Bonchev–Trinajstić information content (AvgIpc) is 2.95. The zero-order valence-electron chi connectivity index (χ0n) is 19.3. The molecule has 0 aliphatic carbocycles. The molecular weight excluding hydrogens is 407 g/mol. The molecule has 1 aliphatic rings. The van der Waals surface area contributed by atoms with Crippen LogP contribution in [0.15, 0.2) is 53.5 Å². The van der Waals surface area contributed by atoms with Gasteiger partial charge in [0.15, 0.2) is 5.96 Å². The summed E-state index contributed by atoms with van der Waals surface area (Å²) in [6.45, 7) is 8.16. The van der Waals surface area contributed by atoms with Crippen LogP contribution in [-0.2, 0) is 11.3 Å². The highest BCUT2D eigenvalue weighted by Crippen LogP contribution is 2.34. The first-order valence-electron chi connectivity index (χ1n) is 10.8. The number of hydrogen-bond donors (Lipinski definition) is 1. The van der Waals surface area contributed by atoms with Gasteiger partial charge in [-0.05, 0) is 61.6 Å². The fraction of sp³-hybridized carbons (Fsp3) is 0.400. The van der Waals surface area contributed by atoms with Crippen LogP contribution < -0.4 is 5.73 Å². The third-order valence-electron chi connectivity index (χ3n) is 5.78. The summed E-state index contributed by atoms with van der Waals surface area (Å²) >= 11 is 0. The molecule has 2 amide bonds. The Morgan fingerprint density at radius 1 is 1.19 bits per heavy atom. The second kappa shape index (κ2) is 9.10. The van der Waals surface area contributed by atoms with E-state index >= 15 is 0 Å². The maximum Gasteiger partial charge on any atom is 0.257 e. The number of aliphatic imine (C=N–C) groups is 1. The van der Waals surface area contributed by atoms with Crippen molar-refractivity contribution in [3.05, 3.63) is 71.0 Å². The average molecular weight is 439 g/mol. The molecule has 0 aromatic heterocycles. The molecule has 1 heterocycles. The molecular formula is C25H31FN4O2. The summed E-state index contributed by atoms with van der Waals surface area (Å²) in [7, 11) is 1.70. The number of guanidine groups is 1. The lowest BCUT2D eigenvalue weighted by Gasteiger charge is -2.28. The number of nitrogens with two attached hydrogens (primary N) is 1. The Hall–Kier alpha value is -3.22. The van der Waals surface area contributed by atoms with E-state index in [0.717, 1.165) is 11.1 Å². The van der Waals surface area contributed by atoms with Gasteiger partial charge in [-0.1, -0.05) is 38.1 Å². The molecule has 2 N–H and O–H groups in total. The van der Waals surface area contributed by atoms with Crippen molar-refractivity contribution >= 4 is 17.8 Å². The van der Waals surface area contributed by atoms with Gasteiger partial charge in [0.1, 0.15) is 11.4 Å². The van der Waals surface area contributed by atoms with E-state index in [1.165, 1.54) is 17.0 Å². The summed E-state index contributed by atoms with van der Waals surface area (Å²) in [4.78, 5) is 33.7. The Morgan fingerprint density at radius 3 is 2.47 bits per heavy atom. The first kappa shape index (κ1) is 23.4. The van der Waals surface area contributed by atoms with Crippen molar-refractivity contribution in [2.45, 2.75) is 52.2 Å². The molecule has 1 aliphatic heterocycles. The number of benzene rings is 2. The Morgan fingerprint density at radius 2 is 1.84 bits per heavy atom. The lowest BCUT2D eigenvalue weighted by molar-refractivity contribution is -0.132. The van der Waals surface area contributed by atoms with Gasteiger partial charge in [-0.25, -0.2) is 9.38 Å². The van der Waals surface area contributed by atoms with Crippen LogP contribution in [0, 0.1) is 11.7 Å². The molecule has 0 radical (unpaired) electrons. The molecule has 32 heavy (non-hydrogen) atoms. The summed E-state index contributed by atoms with van der Waals surface area (Å²) in [6.07, 6.45) is 0.614. The standard InChI is InChI=1S/C25H31FN4O2/c1-16(2)14-25(4)23(32)30(24(27)28-25)17(3)19-7-6-8-20(13-19)22(31)29(5)15-18-9-11-21(26)12-10-18/h6-13,16-17H,14-15H2,1-5H3,(H2,27,28)/t17-,25+/m1/s1. The van der Waals surface area contributed by atoms with Gasteiger partial charge in [0.05, 0.1) is 6.04 Å². The van der Waals surface area contributed by atoms with Gasteiger partial charge < -0.3 is 10.6 Å². The molecule has 2 aromatic carbocycles. The maximum atomic E-state index is 13.2. The minimum absolute atomic E-state index is 0.124. The van der Waals surface area contributed by atoms with Gasteiger partial charge in [-0.2, -0.15) is 0 Å². The predicted molar refractivity (Wildman–Crippen MR) is 123 cm³/mol. The Bertz CT molecular complexity index is 1030. The highest BCUT2D eigenvalue weighted by atomic mass is 19.1. The Balaban J connectivity index is 1.78. The van der Waals surface area contributed by atoms with Gasteiger partial charge >= 0.3 is 0 Å². The molecule has 7 heteroatoms. The molecule has 2 aromatic rings. The van der Waals surface area contributed by atoms with Gasteiger partial charge in [0.25, 0.3) is 11.8 Å². The lowest BCUT2D eigenvalue weighted by atomic mass is 9.90. The van der Waals surface area contributed by atoms with E-state index in [0.29, 0.717) is 24.4 Å². The van der Waals surface area contributed by atoms with Crippen molar-refractivity contribution in [1.29, 1.82) is 0 Å². The third-order valence-corrected chi connectivity index (χ3v) is 5.78. The largest absolute Gasteiger partial charge is 0.369 e. The normalized spacial score (nSPS) is 19.3. The van der Waals surface area contributed by atoms with Crippen molar-refractivity contribution in [2.24, 2.45) is 16.6 Å². The van der Waals surface area contributed by atoms with Gasteiger partial charge in [-0.15, -0.1) is 0 Å². The summed E-state index contributed by atoms with van der Waals surface area (Å²) in [5.74, 6) is -0.0962. The number of halogens is 1. The van der Waals surface area contributed by atoms with Crippen LogP contribution >= 0.6 is 0 Å². The topological polar surface area (TPSA) is 79.0 Å². The van der Waals surface area contributed by atoms with Crippen molar-refractivity contribution in [3.8, 4) is 0 Å². The van der Waals surface area contributed by atoms with E-state index in [1.54, 1.807) is 42.3 Å². The second-order valence-electron chi connectivity index (χ2n) is 9.11. The number of carbonyl (C=O) groups excluding carboxylic acids is 2. The van der Waals surface area contributed by atoms with Gasteiger partial charge in [0, 0.05) is 19.2 Å². The van der Waals surface area contributed by atoms with E-state index in [2.05, 4.69) is 4.99 Å². The molecule has 0 saturated carbocycles. The maximum absolute atomic E-state index is 13.2. The molecule has 6 nitrogen and oxygen atoms in total. The number of hydrogen-bond acceptors (Lipinski definition) is 4. The summed E-state index contributed by atoms with van der Waals surface area (Å²) in [5, 5.41) is 0. The molecule has 3 rings (SSSR count). The van der Waals surface area contributed by atoms with Crippen molar-refractivity contribution in [1.82, 2.24) is 9.80 Å². The third kappa shape index (κ3) is 4.82. The predicted octanol–water partition coefficient (Wildman–Crippen LogP) is 4.12. The Labute approximate surface area is 188 Å². The molecule has 0 unspecified atom stereocenters. The van der Waals surface area contributed by atoms with E-state index in [4.69, 9.17) is 5.73 Å². The summed E-state index contributed by atoms with van der Waals surface area (Å²) in [6, 6.07) is 12.9. The van der Waals surface area contributed by atoms with Crippen LogP contribution in [0.1, 0.15) is 61.6 Å². The quantitative estimate of drug-likeness (QED) is 0.706. The van der Waals surface area contributed by atoms with Crippen molar-refractivity contribution in [3.63, 3.8) is 0 Å². The van der Waals surface area contributed by atoms with Crippen LogP contribution in [0.5, 0.6) is 0 Å². The van der Waals surface area contributed by atoms with Crippen molar-refractivity contribution in [2.75, 3.05) is 7.05 Å². The number of carbonyl (C=O) groups is 2. The first-order valence-corrected chi connectivity index (χ1v) is 10.8. The smallest absolute Gasteiger partial charge is 0.257 e. The van der Waals surface area contributed by atoms with E-state index in [1.807, 2.05) is 33.8 Å². The van der Waals surface area contributed by atoms with E-state index < -0.39 is 5.54 Å². The summed E-state index contributed by atoms with van der Waals surface area (Å²) in [5.41, 5.74) is 7.43. The van der Waals surface area contributed by atoms with Crippen LogP contribution in [0.25, 0.3) is 0 Å². The molecule has 2 atom stereocenters. The molecule has 0 bridgehead atoms. The van der Waals surface area contributed by atoms with Crippen molar-refractivity contribution < 1.29 is 14.0 Å². The van der Waals surface area contributed by atoms with Crippen LogP contribution in [0.3, 0.4) is 0 Å². The van der Waals surface area contributed by atoms with Crippen LogP contribution in [0.2, 0.25) is 0 Å². The Kier molecular flexibility index (Phi) is 6.67. The monoisotopic (exact) mass is 438 g/mol. The minimum atomic E-state index is -0.866. The molecule has 0 spiro atoms. The number of nitrogens with zero attached hydrogens (tertiary/aromatic N) is 3. The molecule has 170 valence electrons. The molecule has 0 fully saturated rings. The van der Waals surface area contributed by atoms with Gasteiger partial charge in [0.2, 0.25) is 0 Å². The molecule has 0 saturated heterocycles. The SMILES string of the molecule is CC(C)C[C@]1(C)N=C(N)N([C@H](C)c2cccc(C(=O)N(C)Cc3ccc(F)cc3)c2)C1=O. The van der Waals surface area contributed by atoms with E-state index in [9.17, 15) is 14.0 Å². The number of rotatable bonds is 7. The highest BCUT2D eigenvalue weighted by Gasteiger charge is 2.46. The fourth-order valence-electron chi connectivity index (χ4n) is 4.26. The van der Waals surface area contributed by atoms with Gasteiger partial charge in [-0.3, -0.25) is 14.5 Å². The second-order valence-corrected chi connectivity index (χ2v) is 9.11. The zero-order valence-corrected chi connectivity index (χ0v) is 19.3.